The number of benzene rings is 2. The van der Waals surface area contributed by atoms with Gasteiger partial charge in [-0.1, -0.05) is 79.7 Å². The molecule has 0 unspecified atom stereocenters. The van der Waals surface area contributed by atoms with Gasteiger partial charge in [0.25, 0.3) is 5.91 Å². The van der Waals surface area contributed by atoms with Gasteiger partial charge in [-0.3, -0.25) is 14.4 Å². The standard InChI is InChI=1S/C30H35N5O7/c1-20(2)15-24(35-30(40)41-19-22-11-7-4-8-12-22)28(38)34-25(16-21-9-5-3-6-10-21)27(37)33-23(18-36)17-31-29(39)26-13-14-32-42-26/h3-14,18,20,23-25H,15-17,19H2,1-2H3,(H,31,39)(H,33,37)(H,34,38)(H,35,40)/t23-,24-,25-/m0/s1. The Balaban J connectivity index is 1.67. The number of aldehydes is 1. The van der Waals surface area contributed by atoms with Gasteiger partial charge in [-0.15, -0.1) is 0 Å². The number of aromatic nitrogens is 1. The molecule has 0 aliphatic rings. The van der Waals surface area contributed by atoms with Crippen molar-refractivity contribution in [2.45, 2.75) is 51.4 Å². The highest BCUT2D eigenvalue weighted by Gasteiger charge is 2.29. The number of carbonyl (C=O) groups is 5. The number of ether oxygens (including phenoxy) is 1. The quantitative estimate of drug-likeness (QED) is 0.199. The van der Waals surface area contributed by atoms with Crippen LogP contribution >= 0.6 is 0 Å². The zero-order chi connectivity index (χ0) is 30.3. The summed E-state index contributed by atoms with van der Waals surface area (Å²) in [4.78, 5) is 63.1. The van der Waals surface area contributed by atoms with Gasteiger partial charge in [0.1, 0.15) is 31.0 Å². The van der Waals surface area contributed by atoms with Crippen LogP contribution in [0.5, 0.6) is 0 Å². The zero-order valence-corrected chi connectivity index (χ0v) is 23.4. The molecular weight excluding hydrogens is 542 g/mol. The Kier molecular flexibility index (Phi) is 12.2. The maximum absolute atomic E-state index is 13.4. The molecule has 222 valence electrons. The first-order valence-electron chi connectivity index (χ1n) is 13.5. The number of rotatable bonds is 15. The van der Waals surface area contributed by atoms with Crippen LogP contribution < -0.4 is 21.3 Å². The van der Waals surface area contributed by atoms with E-state index in [0.29, 0.717) is 6.29 Å². The Morgan fingerprint density at radius 1 is 0.857 bits per heavy atom. The molecule has 0 aliphatic heterocycles. The Labute approximate surface area is 243 Å². The number of hydrogen-bond acceptors (Lipinski definition) is 8. The minimum absolute atomic E-state index is 0.0295. The van der Waals surface area contributed by atoms with Gasteiger partial charge >= 0.3 is 6.09 Å². The summed E-state index contributed by atoms with van der Waals surface area (Å²) in [6.45, 7) is 3.60. The second-order valence-electron chi connectivity index (χ2n) is 9.98. The van der Waals surface area contributed by atoms with Crippen molar-refractivity contribution < 1.29 is 33.2 Å². The van der Waals surface area contributed by atoms with E-state index in [9.17, 15) is 24.0 Å². The molecule has 3 aromatic rings. The fourth-order valence-corrected chi connectivity index (χ4v) is 3.98. The summed E-state index contributed by atoms with van der Waals surface area (Å²) in [5.41, 5.74) is 1.55. The van der Waals surface area contributed by atoms with E-state index in [1.165, 1.54) is 12.3 Å². The number of alkyl carbamates (subject to hydrolysis) is 1. The first-order chi connectivity index (χ1) is 20.2. The SMILES string of the molecule is CC(C)C[C@H](NC(=O)OCc1ccccc1)C(=O)N[C@@H](Cc1ccccc1)C(=O)N[C@H](C=O)CNC(=O)c1ccno1. The summed E-state index contributed by atoms with van der Waals surface area (Å²) in [7, 11) is 0. The molecule has 3 rings (SSSR count). The molecule has 12 heteroatoms. The third-order valence-electron chi connectivity index (χ3n) is 6.08. The predicted molar refractivity (Wildman–Crippen MR) is 152 cm³/mol. The van der Waals surface area contributed by atoms with Crippen LogP contribution in [-0.2, 0) is 32.1 Å². The predicted octanol–water partition coefficient (Wildman–Crippen LogP) is 2.16. The first-order valence-corrected chi connectivity index (χ1v) is 13.5. The number of carbonyl (C=O) groups excluding carboxylic acids is 5. The largest absolute Gasteiger partial charge is 0.445 e. The number of nitrogens with one attached hydrogen (secondary N) is 4. The molecule has 12 nitrogen and oxygen atoms in total. The van der Waals surface area contributed by atoms with E-state index < -0.39 is 41.9 Å². The summed E-state index contributed by atoms with van der Waals surface area (Å²) in [6.07, 6.45) is 1.41. The van der Waals surface area contributed by atoms with E-state index >= 15 is 0 Å². The summed E-state index contributed by atoms with van der Waals surface area (Å²) >= 11 is 0. The smallest absolute Gasteiger partial charge is 0.408 e. The summed E-state index contributed by atoms with van der Waals surface area (Å²) in [6, 6.07) is 16.3. The lowest BCUT2D eigenvalue weighted by Gasteiger charge is -2.25. The van der Waals surface area contributed by atoms with Gasteiger partial charge in [-0.25, -0.2) is 4.79 Å². The average molecular weight is 578 g/mol. The lowest BCUT2D eigenvalue weighted by atomic mass is 10.0. The molecule has 1 heterocycles. The van der Waals surface area contributed by atoms with Crippen molar-refractivity contribution in [3.8, 4) is 0 Å². The number of amides is 4. The van der Waals surface area contributed by atoms with Crippen molar-refractivity contribution in [2.75, 3.05) is 6.54 Å². The molecule has 0 saturated heterocycles. The van der Waals surface area contributed by atoms with Gasteiger partial charge < -0.3 is 35.3 Å². The Morgan fingerprint density at radius 3 is 2.10 bits per heavy atom. The van der Waals surface area contributed by atoms with E-state index in [0.717, 1.165) is 11.1 Å². The highest BCUT2D eigenvalue weighted by atomic mass is 16.5. The van der Waals surface area contributed by atoms with Crippen LogP contribution in [0.15, 0.2) is 77.4 Å². The minimum Gasteiger partial charge on any atom is -0.445 e. The van der Waals surface area contributed by atoms with Crippen LogP contribution in [0.4, 0.5) is 4.79 Å². The fourth-order valence-electron chi connectivity index (χ4n) is 3.98. The third-order valence-corrected chi connectivity index (χ3v) is 6.08. The normalized spacial score (nSPS) is 12.8. The average Bonchev–Trinajstić information content (AvgIpc) is 3.53. The van der Waals surface area contributed by atoms with E-state index in [-0.39, 0.29) is 37.7 Å². The van der Waals surface area contributed by atoms with Gasteiger partial charge in [0.05, 0.1) is 6.20 Å². The molecule has 0 aliphatic carbocycles. The van der Waals surface area contributed by atoms with Crippen LogP contribution in [0.2, 0.25) is 0 Å². The second-order valence-corrected chi connectivity index (χ2v) is 9.98. The molecule has 2 aromatic carbocycles. The van der Waals surface area contributed by atoms with E-state index in [1.807, 2.05) is 50.2 Å². The summed E-state index contributed by atoms with van der Waals surface area (Å²) in [5.74, 6) is -1.86. The van der Waals surface area contributed by atoms with Crippen LogP contribution in [0.3, 0.4) is 0 Å². The van der Waals surface area contributed by atoms with Crippen LogP contribution in [-0.4, -0.2) is 59.9 Å². The van der Waals surface area contributed by atoms with E-state index in [4.69, 9.17) is 9.26 Å². The van der Waals surface area contributed by atoms with Gasteiger partial charge in [0, 0.05) is 19.0 Å². The van der Waals surface area contributed by atoms with Crippen LogP contribution in [0.25, 0.3) is 0 Å². The molecule has 4 N–H and O–H groups in total. The molecule has 42 heavy (non-hydrogen) atoms. The molecule has 0 spiro atoms. The van der Waals surface area contributed by atoms with Crippen molar-refractivity contribution in [2.24, 2.45) is 5.92 Å². The lowest BCUT2D eigenvalue weighted by Crippen LogP contribution is -2.57. The second kappa shape index (κ2) is 16.3. The molecule has 4 amide bonds. The van der Waals surface area contributed by atoms with Gasteiger partial charge in [-0.05, 0) is 23.5 Å². The molecule has 0 radical (unpaired) electrons. The molecule has 0 saturated carbocycles. The lowest BCUT2D eigenvalue weighted by molar-refractivity contribution is -0.131. The molecule has 0 fully saturated rings. The molecule has 1 aromatic heterocycles. The van der Waals surface area contributed by atoms with E-state index in [2.05, 4.69) is 26.4 Å². The van der Waals surface area contributed by atoms with Gasteiger partial charge in [0.15, 0.2) is 0 Å². The van der Waals surface area contributed by atoms with Gasteiger partial charge in [-0.2, -0.15) is 0 Å². The van der Waals surface area contributed by atoms with Crippen molar-refractivity contribution in [3.05, 3.63) is 89.8 Å². The fraction of sp³-hybridized carbons (Fsp3) is 0.333. The zero-order valence-electron chi connectivity index (χ0n) is 23.4. The Morgan fingerprint density at radius 2 is 1.50 bits per heavy atom. The highest BCUT2D eigenvalue weighted by molar-refractivity contribution is 5.93. The number of nitrogens with zero attached hydrogens (tertiary/aromatic N) is 1. The Hall–Kier alpha value is -5.00. The molecule has 0 bridgehead atoms. The van der Waals surface area contributed by atoms with Gasteiger partial charge in [0.2, 0.25) is 17.6 Å². The minimum atomic E-state index is -1.09. The summed E-state index contributed by atoms with van der Waals surface area (Å²) in [5, 5.41) is 13.8. The Bertz CT molecular complexity index is 1300. The van der Waals surface area contributed by atoms with Crippen molar-refractivity contribution in [3.63, 3.8) is 0 Å². The molecule has 3 atom stereocenters. The van der Waals surface area contributed by atoms with E-state index in [1.54, 1.807) is 24.3 Å². The first kappa shape index (κ1) is 31.5. The monoisotopic (exact) mass is 577 g/mol. The number of hydrogen-bond donors (Lipinski definition) is 4. The van der Waals surface area contributed by atoms with Crippen molar-refractivity contribution >= 4 is 30.1 Å². The topological polar surface area (TPSA) is 169 Å². The maximum atomic E-state index is 13.4. The van der Waals surface area contributed by atoms with Crippen molar-refractivity contribution in [1.82, 2.24) is 26.4 Å². The van der Waals surface area contributed by atoms with Crippen molar-refractivity contribution in [1.29, 1.82) is 0 Å². The maximum Gasteiger partial charge on any atom is 0.408 e. The third kappa shape index (κ3) is 10.5. The van der Waals surface area contributed by atoms with Crippen LogP contribution in [0.1, 0.15) is 41.9 Å². The molecular formula is C30H35N5O7. The highest BCUT2D eigenvalue weighted by Crippen LogP contribution is 2.09. The summed E-state index contributed by atoms with van der Waals surface area (Å²) < 4.78 is 10.1. The van der Waals surface area contributed by atoms with Crippen LogP contribution in [0, 0.1) is 5.92 Å².